The van der Waals surface area contributed by atoms with Crippen LogP contribution in [0.5, 0.6) is 0 Å². The minimum absolute atomic E-state index is 0.00392. The van der Waals surface area contributed by atoms with Crippen molar-refractivity contribution in [2.45, 2.75) is 32.4 Å². The number of carbonyl (C=O) groups excluding carboxylic acids is 1. The molecular weight excluding hydrogens is 224 g/mol. The summed E-state index contributed by atoms with van der Waals surface area (Å²) in [6.07, 6.45) is 0.820. The number of hydrogen-bond acceptors (Lipinski definition) is 2. The molecule has 4 heteroatoms. The first-order chi connectivity index (χ1) is 7.54. The number of carbonyl (C=O) groups is 1. The van der Waals surface area contributed by atoms with Gasteiger partial charge in [-0.15, -0.1) is 0 Å². The smallest absolute Gasteiger partial charge is 0.237 e. The Hall–Kier alpha value is -1.06. The second kappa shape index (κ2) is 5.87. The summed E-state index contributed by atoms with van der Waals surface area (Å²) in [7, 11) is 0. The SMILES string of the molecule is CCC(NC(=O)[C@@H](C)N)c1ccc(Cl)cc1. The molecular formula is C12H17ClN2O. The molecule has 0 spiro atoms. The first-order valence-electron chi connectivity index (χ1n) is 5.36. The lowest BCUT2D eigenvalue weighted by atomic mass is 10.0. The number of amides is 1. The van der Waals surface area contributed by atoms with Gasteiger partial charge in [-0.2, -0.15) is 0 Å². The predicted octanol–water partition coefficient (Wildman–Crippen LogP) is 2.25. The summed E-state index contributed by atoms with van der Waals surface area (Å²) in [5, 5.41) is 3.59. The van der Waals surface area contributed by atoms with Crippen LogP contribution in [0.4, 0.5) is 0 Å². The van der Waals surface area contributed by atoms with E-state index < -0.39 is 6.04 Å². The summed E-state index contributed by atoms with van der Waals surface area (Å²) < 4.78 is 0. The molecule has 1 rings (SSSR count). The van der Waals surface area contributed by atoms with Crippen LogP contribution in [-0.2, 0) is 4.79 Å². The van der Waals surface area contributed by atoms with Crippen LogP contribution in [-0.4, -0.2) is 11.9 Å². The lowest BCUT2D eigenvalue weighted by Crippen LogP contribution is -2.40. The van der Waals surface area contributed by atoms with E-state index in [0.29, 0.717) is 5.02 Å². The van der Waals surface area contributed by atoms with Crippen molar-refractivity contribution in [3.05, 3.63) is 34.9 Å². The van der Waals surface area contributed by atoms with Crippen molar-refractivity contribution in [2.75, 3.05) is 0 Å². The van der Waals surface area contributed by atoms with Gasteiger partial charge in [0.1, 0.15) is 0 Å². The third-order valence-electron chi connectivity index (χ3n) is 2.41. The Morgan fingerprint density at radius 1 is 1.44 bits per heavy atom. The monoisotopic (exact) mass is 240 g/mol. The molecule has 1 unspecified atom stereocenters. The average Bonchev–Trinajstić information content (AvgIpc) is 2.26. The normalized spacial score (nSPS) is 14.2. The molecule has 0 aliphatic heterocycles. The third-order valence-corrected chi connectivity index (χ3v) is 2.66. The van der Waals surface area contributed by atoms with Gasteiger partial charge >= 0.3 is 0 Å². The van der Waals surface area contributed by atoms with E-state index in [9.17, 15) is 4.79 Å². The van der Waals surface area contributed by atoms with Crippen molar-refractivity contribution in [3.63, 3.8) is 0 Å². The van der Waals surface area contributed by atoms with Crippen molar-refractivity contribution in [2.24, 2.45) is 5.73 Å². The van der Waals surface area contributed by atoms with E-state index in [1.54, 1.807) is 6.92 Å². The van der Waals surface area contributed by atoms with Crippen LogP contribution in [0.25, 0.3) is 0 Å². The van der Waals surface area contributed by atoms with Crippen molar-refractivity contribution >= 4 is 17.5 Å². The summed E-state index contributed by atoms with van der Waals surface area (Å²) >= 11 is 5.81. The Balaban J connectivity index is 2.74. The van der Waals surface area contributed by atoms with Gasteiger partial charge in [0.15, 0.2) is 0 Å². The highest BCUT2D eigenvalue weighted by molar-refractivity contribution is 6.30. The second-order valence-corrected chi connectivity index (χ2v) is 4.25. The summed E-state index contributed by atoms with van der Waals surface area (Å²) in [6.45, 7) is 3.69. The van der Waals surface area contributed by atoms with Gasteiger partial charge in [0.25, 0.3) is 0 Å². The van der Waals surface area contributed by atoms with E-state index in [4.69, 9.17) is 17.3 Å². The van der Waals surface area contributed by atoms with Gasteiger partial charge in [0.2, 0.25) is 5.91 Å². The average molecular weight is 241 g/mol. The Labute approximate surface area is 101 Å². The molecule has 1 aromatic rings. The van der Waals surface area contributed by atoms with Crippen LogP contribution in [0.2, 0.25) is 5.02 Å². The summed E-state index contributed by atoms with van der Waals surface area (Å²) in [5.74, 6) is -0.137. The third kappa shape index (κ3) is 3.51. The van der Waals surface area contributed by atoms with Gasteiger partial charge in [0.05, 0.1) is 12.1 Å². The molecule has 0 saturated heterocycles. The molecule has 0 aromatic heterocycles. The van der Waals surface area contributed by atoms with E-state index in [1.165, 1.54) is 0 Å². The highest BCUT2D eigenvalue weighted by Gasteiger charge is 2.14. The van der Waals surface area contributed by atoms with E-state index in [1.807, 2.05) is 31.2 Å². The lowest BCUT2D eigenvalue weighted by Gasteiger charge is -2.18. The standard InChI is InChI=1S/C12H17ClN2O/c1-3-11(15-12(16)8(2)14)9-4-6-10(13)7-5-9/h4-8,11H,3,14H2,1-2H3,(H,15,16)/t8-,11?/m1/s1. The Bertz CT molecular complexity index is 349. The maximum atomic E-state index is 11.5. The Morgan fingerprint density at radius 3 is 2.44 bits per heavy atom. The quantitative estimate of drug-likeness (QED) is 0.848. The number of rotatable bonds is 4. The first kappa shape index (κ1) is 13.0. The summed E-state index contributed by atoms with van der Waals surface area (Å²) in [6, 6.07) is 6.97. The van der Waals surface area contributed by atoms with Gasteiger partial charge in [-0.05, 0) is 31.0 Å². The number of halogens is 1. The van der Waals surface area contributed by atoms with Crippen LogP contribution < -0.4 is 11.1 Å². The van der Waals surface area contributed by atoms with Crippen molar-refractivity contribution < 1.29 is 4.79 Å². The van der Waals surface area contributed by atoms with Crippen LogP contribution in [0.1, 0.15) is 31.9 Å². The van der Waals surface area contributed by atoms with Crippen LogP contribution in [0, 0.1) is 0 Å². The van der Waals surface area contributed by atoms with E-state index in [-0.39, 0.29) is 11.9 Å². The largest absolute Gasteiger partial charge is 0.348 e. The van der Waals surface area contributed by atoms with Crippen molar-refractivity contribution in [1.29, 1.82) is 0 Å². The molecule has 3 N–H and O–H groups in total. The molecule has 2 atom stereocenters. The molecule has 0 bridgehead atoms. The van der Waals surface area contributed by atoms with Crippen LogP contribution in [0.3, 0.4) is 0 Å². The highest BCUT2D eigenvalue weighted by atomic mass is 35.5. The van der Waals surface area contributed by atoms with Crippen LogP contribution in [0.15, 0.2) is 24.3 Å². The zero-order valence-corrected chi connectivity index (χ0v) is 10.3. The molecule has 0 radical (unpaired) electrons. The number of nitrogens with two attached hydrogens (primary N) is 1. The second-order valence-electron chi connectivity index (χ2n) is 3.81. The molecule has 1 amide bonds. The zero-order valence-electron chi connectivity index (χ0n) is 9.53. The molecule has 1 aromatic carbocycles. The lowest BCUT2D eigenvalue weighted by molar-refractivity contribution is -0.122. The zero-order chi connectivity index (χ0) is 12.1. The molecule has 0 heterocycles. The van der Waals surface area contributed by atoms with Gasteiger partial charge in [0, 0.05) is 5.02 Å². The molecule has 0 saturated carbocycles. The van der Waals surface area contributed by atoms with Gasteiger partial charge in [-0.1, -0.05) is 30.7 Å². The Kier molecular flexibility index (Phi) is 4.77. The fraction of sp³-hybridized carbons (Fsp3) is 0.417. The molecule has 88 valence electrons. The van der Waals surface area contributed by atoms with Crippen molar-refractivity contribution in [1.82, 2.24) is 5.32 Å². The van der Waals surface area contributed by atoms with E-state index in [0.717, 1.165) is 12.0 Å². The van der Waals surface area contributed by atoms with Gasteiger partial charge in [-0.25, -0.2) is 0 Å². The molecule has 0 fully saturated rings. The summed E-state index contributed by atoms with van der Waals surface area (Å²) in [5.41, 5.74) is 6.55. The van der Waals surface area contributed by atoms with Crippen LogP contribution >= 0.6 is 11.6 Å². The number of nitrogens with one attached hydrogen (secondary N) is 1. The molecule has 3 nitrogen and oxygen atoms in total. The molecule has 16 heavy (non-hydrogen) atoms. The van der Waals surface area contributed by atoms with E-state index in [2.05, 4.69) is 5.32 Å². The van der Waals surface area contributed by atoms with Gasteiger partial charge in [-0.3, -0.25) is 4.79 Å². The maximum Gasteiger partial charge on any atom is 0.237 e. The fourth-order valence-electron chi connectivity index (χ4n) is 1.42. The minimum atomic E-state index is -0.485. The van der Waals surface area contributed by atoms with Crippen molar-refractivity contribution in [3.8, 4) is 0 Å². The molecule has 0 aliphatic carbocycles. The predicted molar refractivity (Wildman–Crippen MR) is 66.3 cm³/mol. The highest BCUT2D eigenvalue weighted by Crippen LogP contribution is 2.19. The Morgan fingerprint density at radius 2 is 2.00 bits per heavy atom. The van der Waals surface area contributed by atoms with Gasteiger partial charge < -0.3 is 11.1 Å². The maximum absolute atomic E-state index is 11.5. The number of hydrogen-bond donors (Lipinski definition) is 2. The first-order valence-corrected chi connectivity index (χ1v) is 5.73. The topological polar surface area (TPSA) is 55.1 Å². The number of benzene rings is 1. The fourth-order valence-corrected chi connectivity index (χ4v) is 1.55. The van der Waals surface area contributed by atoms with E-state index >= 15 is 0 Å². The minimum Gasteiger partial charge on any atom is -0.348 e. The molecule has 0 aliphatic rings. The summed E-state index contributed by atoms with van der Waals surface area (Å²) in [4.78, 5) is 11.5.